The van der Waals surface area contributed by atoms with Crippen LogP contribution < -0.4 is 5.32 Å². The summed E-state index contributed by atoms with van der Waals surface area (Å²) in [6.07, 6.45) is -0.601. The number of carbonyl (C=O) groups excluding carboxylic acids is 1. The van der Waals surface area contributed by atoms with Gasteiger partial charge in [-0.25, -0.2) is 0 Å². The first-order valence-corrected chi connectivity index (χ1v) is 10.8. The Morgan fingerprint density at radius 1 is 1.21 bits per heavy atom. The summed E-state index contributed by atoms with van der Waals surface area (Å²) in [5.74, 6) is -0.482. The van der Waals surface area contributed by atoms with Crippen molar-refractivity contribution >= 4 is 12.4 Å². The Morgan fingerprint density at radius 3 is 2.48 bits per heavy atom. The van der Waals surface area contributed by atoms with E-state index in [0.717, 1.165) is 11.1 Å². The Bertz CT molecular complexity index is 934. The number of rotatable bonds is 5. The number of likely N-dealkylation sites (tertiary alicyclic amines) is 1. The van der Waals surface area contributed by atoms with Crippen LogP contribution in [0.4, 0.5) is 0 Å². The van der Waals surface area contributed by atoms with Gasteiger partial charge in [-0.2, -0.15) is 0 Å². The molecule has 4 N–H and O–H groups in total. The van der Waals surface area contributed by atoms with Crippen LogP contribution in [0, 0.1) is 6.92 Å². The third-order valence-electron chi connectivity index (χ3n) is 5.94. The molecule has 0 aromatic heterocycles. The van der Waals surface area contributed by atoms with Gasteiger partial charge in [-0.3, -0.25) is 14.5 Å². The number of nitrogens with one attached hydrogen (secondary N) is 1. The zero-order valence-corrected chi connectivity index (χ0v) is 18.5. The first-order chi connectivity index (χ1) is 15.9. The Balaban J connectivity index is 0.000000968. The van der Waals surface area contributed by atoms with Crippen molar-refractivity contribution in [1.29, 1.82) is 0 Å². The highest BCUT2D eigenvalue weighted by molar-refractivity contribution is 5.97. The number of carbonyl (C=O) groups is 2. The monoisotopic (exact) mass is 458 g/mol. The van der Waals surface area contributed by atoms with Crippen molar-refractivity contribution in [2.75, 3.05) is 32.8 Å². The average molecular weight is 459 g/mol. The van der Waals surface area contributed by atoms with Crippen molar-refractivity contribution in [3.05, 3.63) is 65.2 Å². The molecular formula is C24H30N2O7. The van der Waals surface area contributed by atoms with Crippen LogP contribution in [0.1, 0.15) is 27.9 Å². The third-order valence-corrected chi connectivity index (χ3v) is 5.94. The number of aromatic hydroxyl groups is 1. The summed E-state index contributed by atoms with van der Waals surface area (Å²) in [5.41, 5.74) is 0.944. The number of hydrogen-bond donors (Lipinski definition) is 4. The molecule has 2 aromatic carbocycles. The van der Waals surface area contributed by atoms with Crippen LogP contribution in [0.25, 0.3) is 0 Å². The van der Waals surface area contributed by atoms with Gasteiger partial charge in [-0.15, -0.1) is 0 Å². The second kappa shape index (κ2) is 11.2. The predicted octanol–water partition coefficient (Wildman–Crippen LogP) is 1.47. The highest BCUT2D eigenvalue weighted by Crippen LogP contribution is 2.34. The lowest BCUT2D eigenvalue weighted by molar-refractivity contribution is -0.122. The van der Waals surface area contributed by atoms with E-state index in [1.165, 1.54) is 0 Å². The maximum Gasteiger partial charge on any atom is 0.290 e. The first kappa shape index (κ1) is 24.7. The summed E-state index contributed by atoms with van der Waals surface area (Å²) in [5, 5.41) is 31.4. The van der Waals surface area contributed by atoms with Gasteiger partial charge in [-0.05, 0) is 36.6 Å². The molecule has 4 rings (SSSR count). The molecule has 2 aliphatic heterocycles. The highest BCUT2D eigenvalue weighted by atomic mass is 16.7. The Hall–Kier alpha value is -2.98. The zero-order chi connectivity index (χ0) is 23.8. The molecular weight excluding hydrogens is 428 g/mol. The minimum Gasteiger partial charge on any atom is -0.507 e. The van der Waals surface area contributed by atoms with Gasteiger partial charge in [-0.1, -0.05) is 36.4 Å². The molecule has 2 aromatic rings. The maximum absolute atomic E-state index is 13.1. The number of amides is 1. The molecule has 1 amide bonds. The minimum absolute atomic E-state index is 0.0711. The maximum atomic E-state index is 13.1. The van der Waals surface area contributed by atoms with Crippen LogP contribution >= 0.6 is 0 Å². The third kappa shape index (κ3) is 5.88. The van der Waals surface area contributed by atoms with E-state index in [0.29, 0.717) is 39.3 Å². The number of phenolic OH excluding ortho intramolecular Hbond substituents is 1. The smallest absolute Gasteiger partial charge is 0.290 e. The summed E-state index contributed by atoms with van der Waals surface area (Å²) in [6, 6.07) is 14.5. The van der Waals surface area contributed by atoms with Gasteiger partial charge in [0.15, 0.2) is 6.29 Å². The lowest BCUT2D eigenvalue weighted by Gasteiger charge is -2.46. The van der Waals surface area contributed by atoms with E-state index >= 15 is 0 Å². The largest absolute Gasteiger partial charge is 0.507 e. The van der Waals surface area contributed by atoms with Crippen molar-refractivity contribution in [2.24, 2.45) is 0 Å². The van der Waals surface area contributed by atoms with Crippen LogP contribution in [0.2, 0.25) is 0 Å². The SMILES string of the molecule is Cc1ccc(C(=O)N[C@]2(c3ccccc3)CCN(CC3OCCO3)C[C@H]2O)c(O)c1.O=CO. The Morgan fingerprint density at radius 2 is 1.88 bits per heavy atom. The number of benzene rings is 2. The first-order valence-electron chi connectivity index (χ1n) is 10.8. The second-order valence-corrected chi connectivity index (χ2v) is 8.11. The molecule has 9 heteroatoms. The number of phenols is 1. The van der Waals surface area contributed by atoms with Crippen molar-refractivity contribution in [1.82, 2.24) is 10.2 Å². The normalized spacial score (nSPS) is 23.4. The Kier molecular flexibility index (Phi) is 8.40. The fraction of sp³-hybridized carbons (Fsp3) is 0.417. The number of nitrogens with zero attached hydrogens (tertiary/aromatic N) is 1. The molecule has 2 saturated heterocycles. The molecule has 9 nitrogen and oxygen atoms in total. The second-order valence-electron chi connectivity index (χ2n) is 8.11. The quantitative estimate of drug-likeness (QED) is 0.496. The van der Waals surface area contributed by atoms with Crippen molar-refractivity contribution in [3.8, 4) is 5.75 Å². The summed E-state index contributed by atoms with van der Waals surface area (Å²) >= 11 is 0. The number of carboxylic acid groups (broad SMARTS) is 1. The number of piperidine rings is 1. The van der Waals surface area contributed by atoms with Gasteiger partial charge < -0.3 is 30.1 Å². The van der Waals surface area contributed by atoms with Crippen molar-refractivity contribution < 1.29 is 34.4 Å². The fourth-order valence-electron chi connectivity index (χ4n) is 4.28. The number of aliphatic hydroxyl groups is 1. The van der Waals surface area contributed by atoms with E-state index < -0.39 is 17.6 Å². The minimum atomic E-state index is -0.955. The molecule has 2 atom stereocenters. The summed E-state index contributed by atoms with van der Waals surface area (Å²) in [7, 11) is 0. The summed E-state index contributed by atoms with van der Waals surface area (Å²) in [4.78, 5) is 23.5. The fourth-order valence-corrected chi connectivity index (χ4v) is 4.28. The summed E-state index contributed by atoms with van der Waals surface area (Å²) in [6.45, 7) is 4.39. The van der Waals surface area contributed by atoms with Gasteiger partial charge >= 0.3 is 0 Å². The van der Waals surface area contributed by atoms with Gasteiger partial charge in [0.05, 0.1) is 30.4 Å². The summed E-state index contributed by atoms with van der Waals surface area (Å²) < 4.78 is 11.1. The van der Waals surface area contributed by atoms with Gasteiger partial charge in [0, 0.05) is 19.6 Å². The van der Waals surface area contributed by atoms with Crippen LogP contribution in [0.15, 0.2) is 48.5 Å². The van der Waals surface area contributed by atoms with E-state index in [2.05, 4.69) is 10.2 Å². The van der Waals surface area contributed by atoms with Crippen LogP contribution in [0.3, 0.4) is 0 Å². The number of aryl methyl sites for hydroxylation is 1. The number of aliphatic hydroxyl groups excluding tert-OH is 1. The van der Waals surface area contributed by atoms with E-state index in [-0.39, 0.29) is 24.1 Å². The van der Waals surface area contributed by atoms with Gasteiger partial charge in [0.2, 0.25) is 0 Å². The molecule has 2 fully saturated rings. The number of ether oxygens (including phenoxy) is 2. The molecule has 0 saturated carbocycles. The van der Waals surface area contributed by atoms with E-state index in [1.807, 2.05) is 37.3 Å². The van der Waals surface area contributed by atoms with E-state index in [9.17, 15) is 15.0 Å². The standard InChI is InChI=1S/C23H28N2O5.CH2O2/c1-16-7-8-18(19(26)13-16)22(28)24-23(17-5-3-2-4-6-17)9-10-25(14-20(23)27)15-21-29-11-12-30-21;2-1-3/h2-8,13,20-21,26-27H,9-12,14-15H2,1H3,(H,24,28);1H,(H,2,3)/t20-,23+;/m1./s1. The molecule has 2 aliphatic rings. The predicted molar refractivity (Wildman–Crippen MR) is 120 cm³/mol. The Labute approximate surface area is 192 Å². The van der Waals surface area contributed by atoms with Gasteiger partial charge in [0.1, 0.15) is 5.75 Å². The number of hydrogen-bond acceptors (Lipinski definition) is 7. The molecule has 2 heterocycles. The van der Waals surface area contributed by atoms with Gasteiger partial charge in [0.25, 0.3) is 12.4 Å². The topological polar surface area (TPSA) is 129 Å². The molecule has 178 valence electrons. The van der Waals surface area contributed by atoms with E-state index in [1.54, 1.807) is 18.2 Å². The molecule has 33 heavy (non-hydrogen) atoms. The van der Waals surface area contributed by atoms with Crippen LogP contribution in [-0.2, 0) is 19.8 Å². The van der Waals surface area contributed by atoms with Crippen molar-refractivity contribution in [2.45, 2.75) is 31.3 Å². The molecule has 0 radical (unpaired) electrons. The zero-order valence-electron chi connectivity index (χ0n) is 18.5. The van der Waals surface area contributed by atoms with E-state index in [4.69, 9.17) is 19.4 Å². The molecule has 0 unspecified atom stereocenters. The highest BCUT2D eigenvalue weighted by Gasteiger charge is 2.45. The average Bonchev–Trinajstić information content (AvgIpc) is 3.30. The molecule has 0 spiro atoms. The lowest BCUT2D eigenvalue weighted by Crippen LogP contribution is -2.62. The number of β-amino-alcohol motifs (C(OH)–C–C–N with tert-alkyl or cyclic N) is 1. The molecule has 0 aliphatic carbocycles. The lowest BCUT2D eigenvalue weighted by atomic mass is 9.78. The van der Waals surface area contributed by atoms with Crippen molar-refractivity contribution in [3.63, 3.8) is 0 Å². The molecule has 0 bridgehead atoms. The van der Waals surface area contributed by atoms with Crippen LogP contribution in [0.5, 0.6) is 5.75 Å². The van der Waals surface area contributed by atoms with Crippen LogP contribution in [-0.4, -0.2) is 77.8 Å².